The molecule has 1 heterocycles. The second-order valence-electron chi connectivity index (χ2n) is 5.40. The summed E-state index contributed by atoms with van der Waals surface area (Å²) in [6, 6.07) is 6.38. The van der Waals surface area contributed by atoms with Gasteiger partial charge >= 0.3 is 5.97 Å². The number of alkyl halides is 1. The minimum atomic E-state index is -0.342. The maximum absolute atomic E-state index is 11.2. The molecule has 2 N–H and O–H groups in total. The fourth-order valence-electron chi connectivity index (χ4n) is 2.22. The molecule has 0 aliphatic heterocycles. The second-order valence-corrected chi connectivity index (χ2v) is 7.25. The van der Waals surface area contributed by atoms with E-state index in [0.29, 0.717) is 5.13 Å². The maximum atomic E-state index is 11.2. The van der Waals surface area contributed by atoms with E-state index in [4.69, 9.17) is 4.74 Å². The second kappa shape index (κ2) is 9.14. The summed E-state index contributed by atoms with van der Waals surface area (Å²) in [4.78, 5) is 27.7. The number of hydrogen-bond donors (Lipinski definition) is 2. The van der Waals surface area contributed by atoms with Crippen LogP contribution in [0.15, 0.2) is 18.2 Å². The van der Waals surface area contributed by atoms with Crippen molar-refractivity contribution in [2.24, 2.45) is 0 Å². The van der Waals surface area contributed by atoms with Crippen LogP contribution in [-0.2, 0) is 31.8 Å². The van der Waals surface area contributed by atoms with Crippen LogP contribution in [0.1, 0.15) is 36.8 Å². The Morgan fingerprint density at radius 3 is 2.56 bits per heavy atom. The van der Waals surface area contributed by atoms with Gasteiger partial charge in [-0.1, -0.05) is 46.9 Å². The number of benzene rings is 1. The van der Waals surface area contributed by atoms with E-state index in [-0.39, 0.29) is 18.5 Å². The average Bonchev–Trinajstić information content (AvgIpc) is 3.00. The lowest BCUT2D eigenvalue weighted by Gasteiger charge is -2.08. The lowest BCUT2D eigenvalue weighted by Crippen LogP contribution is -2.26. The summed E-state index contributed by atoms with van der Waals surface area (Å²) in [5.74, 6) is -0.551. The molecule has 0 aliphatic carbocycles. The molecule has 25 heavy (non-hydrogen) atoms. The molecule has 1 aromatic carbocycles. The largest absolute Gasteiger partial charge is 0.460 e. The third-order valence-corrected chi connectivity index (χ3v) is 5.16. The maximum Gasteiger partial charge on any atom is 0.302 e. The number of nitrogens with one attached hydrogen (secondary N) is 2. The fraction of sp³-hybridized carbons (Fsp3) is 0.353. The third kappa shape index (κ3) is 5.67. The van der Waals surface area contributed by atoms with Crippen molar-refractivity contribution in [1.82, 2.24) is 10.4 Å². The predicted octanol–water partition coefficient (Wildman–Crippen LogP) is 3.83. The van der Waals surface area contributed by atoms with Crippen LogP contribution in [0, 0.1) is 0 Å². The Labute approximate surface area is 164 Å². The lowest BCUT2D eigenvalue weighted by atomic mass is 10.0. The Morgan fingerprint density at radius 1 is 1.24 bits per heavy atom. The summed E-state index contributed by atoms with van der Waals surface area (Å²) in [5.41, 5.74) is 9.50. The summed E-state index contributed by atoms with van der Waals surface area (Å²) in [7, 11) is 0. The molecule has 6 nitrogen and oxygen atoms in total. The molecule has 0 saturated heterocycles. The minimum Gasteiger partial charge on any atom is -0.460 e. The van der Waals surface area contributed by atoms with Gasteiger partial charge in [0.1, 0.15) is 6.61 Å². The number of hydrazine groups is 1. The van der Waals surface area contributed by atoms with Gasteiger partial charge in [-0.2, -0.15) is 0 Å². The number of esters is 1. The van der Waals surface area contributed by atoms with Crippen molar-refractivity contribution >= 4 is 50.9 Å². The number of nitrogens with zero attached hydrogens (tertiary/aromatic N) is 1. The van der Waals surface area contributed by atoms with Crippen molar-refractivity contribution in [2.75, 3.05) is 5.43 Å². The SMILES string of the molecule is CCc1cc(CI)cc(-c2nc(NNC(C)=O)sc2COC(C)=O)c1. The van der Waals surface area contributed by atoms with E-state index in [0.717, 1.165) is 27.0 Å². The Morgan fingerprint density at radius 2 is 1.96 bits per heavy atom. The average molecular weight is 473 g/mol. The molecule has 0 aliphatic rings. The predicted molar refractivity (Wildman–Crippen MR) is 108 cm³/mol. The number of aromatic nitrogens is 1. The summed E-state index contributed by atoms with van der Waals surface area (Å²) >= 11 is 3.68. The zero-order chi connectivity index (χ0) is 18.4. The van der Waals surface area contributed by atoms with Gasteiger partial charge in [-0.15, -0.1) is 0 Å². The molecule has 2 rings (SSSR count). The van der Waals surface area contributed by atoms with E-state index in [1.807, 2.05) is 0 Å². The quantitative estimate of drug-likeness (QED) is 0.277. The monoisotopic (exact) mass is 473 g/mol. The molecule has 0 spiro atoms. The zero-order valence-corrected chi connectivity index (χ0v) is 17.3. The molecule has 0 radical (unpaired) electrons. The van der Waals surface area contributed by atoms with Crippen molar-refractivity contribution in [3.63, 3.8) is 0 Å². The molecule has 1 amide bonds. The van der Waals surface area contributed by atoms with Gasteiger partial charge in [0.15, 0.2) is 0 Å². The van der Waals surface area contributed by atoms with Gasteiger partial charge in [-0.3, -0.25) is 20.4 Å². The van der Waals surface area contributed by atoms with Crippen molar-refractivity contribution < 1.29 is 14.3 Å². The van der Waals surface area contributed by atoms with Gasteiger partial charge in [0.2, 0.25) is 11.0 Å². The number of carbonyl (C=O) groups is 2. The van der Waals surface area contributed by atoms with E-state index >= 15 is 0 Å². The number of carbonyl (C=O) groups excluding carboxylic acids is 2. The fourth-order valence-corrected chi connectivity index (χ4v) is 3.51. The van der Waals surface area contributed by atoms with Gasteiger partial charge in [-0.05, 0) is 29.7 Å². The molecule has 0 unspecified atom stereocenters. The first-order chi connectivity index (χ1) is 11.9. The van der Waals surface area contributed by atoms with Crippen LogP contribution in [0.2, 0.25) is 0 Å². The lowest BCUT2D eigenvalue weighted by molar-refractivity contribution is -0.142. The highest BCUT2D eigenvalue weighted by molar-refractivity contribution is 14.1. The molecule has 0 bridgehead atoms. The Kier molecular flexibility index (Phi) is 7.18. The number of hydrogen-bond acceptors (Lipinski definition) is 6. The number of halogens is 1. The molecule has 0 saturated carbocycles. The first-order valence-electron chi connectivity index (χ1n) is 7.77. The molecule has 8 heteroatoms. The van der Waals surface area contributed by atoms with E-state index in [2.05, 4.69) is 63.5 Å². The summed E-state index contributed by atoms with van der Waals surface area (Å²) in [6.45, 7) is 5.06. The van der Waals surface area contributed by atoms with Crippen LogP contribution in [-0.4, -0.2) is 16.9 Å². The number of anilines is 1. The molecular weight excluding hydrogens is 453 g/mol. The van der Waals surface area contributed by atoms with Gasteiger partial charge in [-0.25, -0.2) is 4.98 Å². The van der Waals surface area contributed by atoms with Gasteiger partial charge in [0.05, 0.1) is 10.6 Å². The Balaban J connectivity index is 2.42. The summed E-state index contributed by atoms with van der Waals surface area (Å²) in [6.07, 6.45) is 0.928. The van der Waals surface area contributed by atoms with Crippen LogP contribution in [0.25, 0.3) is 11.3 Å². The van der Waals surface area contributed by atoms with Crippen molar-refractivity contribution in [2.45, 2.75) is 38.2 Å². The number of rotatable bonds is 7. The van der Waals surface area contributed by atoms with Crippen molar-refractivity contribution in [3.8, 4) is 11.3 Å². The highest BCUT2D eigenvalue weighted by Gasteiger charge is 2.16. The molecule has 2 aromatic rings. The normalized spacial score (nSPS) is 10.4. The number of ether oxygens (including phenoxy) is 1. The van der Waals surface area contributed by atoms with E-state index in [9.17, 15) is 9.59 Å². The van der Waals surface area contributed by atoms with E-state index in [1.54, 1.807) is 0 Å². The molecule has 0 atom stereocenters. The minimum absolute atomic E-state index is 0.153. The van der Waals surface area contributed by atoms with Crippen LogP contribution in [0.5, 0.6) is 0 Å². The van der Waals surface area contributed by atoms with E-state index in [1.165, 1.54) is 36.3 Å². The number of amides is 1. The molecule has 1 aromatic heterocycles. The van der Waals surface area contributed by atoms with Crippen LogP contribution in [0.3, 0.4) is 0 Å². The van der Waals surface area contributed by atoms with Crippen LogP contribution < -0.4 is 10.9 Å². The number of aryl methyl sites for hydroxylation is 1. The highest BCUT2D eigenvalue weighted by atomic mass is 127. The van der Waals surface area contributed by atoms with Gasteiger partial charge in [0.25, 0.3) is 0 Å². The number of thiazole rings is 1. The smallest absolute Gasteiger partial charge is 0.302 e. The topological polar surface area (TPSA) is 80.3 Å². The van der Waals surface area contributed by atoms with Gasteiger partial charge in [0, 0.05) is 23.8 Å². The van der Waals surface area contributed by atoms with Crippen molar-refractivity contribution in [3.05, 3.63) is 34.2 Å². The molecule has 134 valence electrons. The Hall–Kier alpha value is -1.68. The first kappa shape index (κ1) is 19.6. The standard InChI is InChI=1S/C17H20IN3O3S/c1-4-12-5-13(8-18)7-14(6-12)16-15(9-24-11(3)23)25-17(19-16)21-20-10(2)22/h5-7H,4,8-9H2,1-3H3,(H,19,21)(H,20,22). The molecule has 0 fully saturated rings. The highest BCUT2D eigenvalue weighted by Crippen LogP contribution is 2.33. The summed E-state index contributed by atoms with van der Waals surface area (Å²) in [5, 5.41) is 0.547. The van der Waals surface area contributed by atoms with Crippen molar-refractivity contribution in [1.29, 1.82) is 0 Å². The van der Waals surface area contributed by atoms with Gasteiger partial charge < -0.3 is 4.74 Å². The van der Waals surface area contributed by atoms with E-state index < -0.39 is 0 Å². The first-order valence-corrected chi connectivity index (χ1v) is 10.1. The third-order valence-electron chi connectivity index (χ3n) is 3.34. The summed E-state index contributed by atoms with van der Waals surface area (Å²) < 4.78 is 6.06. The van der Waals surface area contributed by atoms with Crippen LogP contribution >= 0.6 is 33.9 Å². The zero-order valence-electron chi connectivity index (χ0n) is 14.3. The molecular formula is C17H20IN3O3S. The van der Waals surface area contributed by atoms with Crippen LogP contribution in [0.4, 0.5) is 5.13 Å². The Bertz CT molecular complexity index is 754.